The molecule has 0 fully saturated rings. The Morgan fingerprint density at radius 3 is 2.47 bits per heavy atom. The molecule has 1 heterocycles. The molecular weight excluding hydrogens is 242 g/mol. The largest absolute Gasteiger partial charge is 0.370 e. The van der Waals surface area contributed by atoms with Gasteiger partial charge in [0.2, 0.25) is 11.7 Å². The molecule has 0 aliphatic rings. The third-order valence-electron chi connectivity index (χ3n) is 3.38. The topological polar surface area (TPSA) is 60.2 Å². The minimum atomic E-state index is -0.0612. The van der Waals surface area contributed by atoms with E-state index in [-0.39, 0.29) is 12.0 Å². The molecule has 0 saturated heterocycles. The maximum Gasteiger partial charge on any atom is 0.231 e. The van der Waals surface area contributed by atoms with E-state index in [2.05, 4.69) is 43.2 Å². The van der Waals surface area contributed by atoms with Gasteiger partial charge >= 0.3 is 0 Å². The zero-order chi connectivity index (χ0) is 14.3. The summed E-state index contributed by atoms with van der Waals surface area (Å²) in [6.45, 7) is 12.0. The molecule has 3 unspecified atom stereocenters. The standard InChI is InChI=1S/C14H27N3O2/c1-6-11(15-8-3)10(5)14-16-13(17-19-14)12(7-2)18-9-4/h10-12,15H,6-9H2,1-5H3. The van der Waals surface area contributed by atoms with Gasteiger partial charge in [-0.3, -0.25) is 0 Å². The average Bonchev–Trinajstić information content (AvgIpc) is 2.90. The van der Waals surface area contributed by atoms with Crippen LogP contribution in [0.3, 0.4) is 0 Å². The van der Waals surface area contributed by atoms with Crippen LogP contribution in [0.4, 0.5) is 0 Å². The monoisotopic (exact) mass is 269 g/mol. The normalized spacial score (nSPS) is 16.3. The summed E-state index contributed by atoms with van der Waals surface area (Å²) < 4.78 is 11.0. The van der Waals surface area contributed by atoms with Gasteiger partial charge in [0.25, 0.3) is 0 Å². The van der Waals surface area contributed by atoms with E-state index < -0.39 is 0 Å². The van der Waals surface area contributed by atoms with Gasteiger partial charge in [-0.1, -0.05) is 32.9 Å². The van der Waals surface area contributed by atoms with Gasteiger partial charge in [-0.25, -0.2) is 0 Å². The van der Waals surface area contributed by atoms with E-state index >= 15 is 0 Å². The van der Waals surface area contributed by atoms with Crippen LogP contribution in [-0.4, -0.2) is 29.3 Å². The fourth-order valence-electron chi connectivity index (χ4n) is 2.25. The lowest BCUT2D eigenvalue weighted by Gasteiger charge is -2.20. The van der Waals surface area contributed by atoms with Crippen LogP contribution in [-0.2, 0) is 4.74 Å². The van der Waals surface area contributed by atoms with Crippen molar-refractivity contribution in [2.45, 2.75) is 65.5 Å². The number of hydrogen-bond donors (Lipinski definition) is 1. The Hall–Kier alpha value is -0.940. The molecule has 1 rings (SSSR count). The van der Waals surface area contributed by atoms with E-state index in [9.17, 15) is 0 Å². The van der Waals surface area contributed by atoms with Crippen LogP contribution in [0, 0.1) is 0 Å². The molecule has 110 valence electrons. The van der Waals surface area contributed by atoms with Crippen LogP contribution in [0.1, 0.15) is 71.2 Å². The number of hydrogen-bond acceptors (Lipinski definition) is 5. The predicted molar refractivity (Wildman–Crippen MR) is 75.1 cm³/mol. The second kappa shape index (κ2) is 8.27. The van der Waals surface area contributed by atoms with Gasteiger partial charge in [-0.15, -0.1) is 0 Å². The second-order valence-corrected chi connectivity index (χ2v) is 4.70. The molecule has 0 amide bonds. The molecule has 0 bridgehead atoms. The molecule has 0 aliphatic heterocycles. The van der Waals surface area contributed by atoms with Crippen LogP contribution in [0.5, 0.6) is 0 Å². The molecular formula is C14H27N3O2. The van der Waals surface area contributed by atoms with Crippen LogP contribution in [0.25, 0.3) is 0 Å². The van der Waals surface area contributed by atoms with Crippen molar-refractivity contribution in [2.24, 2.45) is 0 Å². The van der Waals surface area contributed by atoms with Gasteiger partial charge < -0.3 is 14.6 Å². The summed E-state index contributed by atoms with van der Waals surface area (Å²) in [4.78, 5) is 4.51. The molecule has 1 N–H and O–H groups in total. The Morgan fingerprint density at radius 1 is 1.21 bits per heavy atom. The van der Waals surface area contributed by atoms with E-state index in [0.29, 0.717) is 24.4 Å². The SMILES string of the molecule is CCNC(CC)C(C)c1nc(C(CC)OCC)no1. The lowest BCUT2D eigenvalue weighted by Crippen LogP contribution is -2.33. The van der Waals surface area contributed by atoms with Gasteiger partial charge in [-0.05, 0) is 26.3 Å². The summed E-state index contributed by atoms with van der Waals surface area (Å²) in [6.07, 6.45) is 1.83. The lowest BCUT2D eigenvalue weighted by atomic mass is 9.99. The Morgan fingerprint density at radius 2 is 1.95 bits per heavy atom. The van der Waals surface area contributed by atoms with E-state index in [1.165, 1.54) is 0 Å². The second-order valence-electron chi connectivity index (χ2n) is 4.70. The zero-order valence-corrected chi connectivity index (χ0v) is 12.8. The minimum Gasteiger partial charge on any atom is -0.370 e. The number of rotatable bonds is 9. The molecule has 0 aliphatic carbocycles. The highest BCUT2D eigenvalue weighted by Crippen LogP contribution is 2.23. The van der Waals surface area contributed by atoms with Crippen LogP contribution < -0.4 is 5.32 Å². The smallest absolute Gasteiger partial charge is 0.231 e. The number of nitrogens with zero attached hydrogens (tertiary/aromatic N) is 2. The lowest BCUT2D eigenvalue weighted by molar-refractivity contribution is 0.0518. The molecule has 0 aromatic carbocycles. The van der Waals surface area contributed by atoms with Crippen molar-refractivity contribution < 1.29 is 9.26 Å². The highest BCUT2D eigenvalue weighted by Gasteiger charge is 2.24. The van der Waals surface area contributed by atoms with Crippen molar-refractivity contribution in [1.29, 1.82) is 0 Å². The highest BCUT2D eigenvalue weighted by molar-refractivity contribution is 4.99. The Labute approximate surface area is 116 Å². The van der Waals surface area contributed by atoms with E-state index in [0.717, 1.165) is 19.4 Å². The van der Waals surface area contributed by atoms with Crippen molar-refractivity contribution in [3.63, 3.8) is 0 Å². The number of aromatic nitrogens is 2. The molecule has 3 atom stereocenters. The van der Waals surface area contributed by atoms with Gasteiger partial charge in [0.15, 0.2) is 0 Å². The van der Waals surface area contributed by atoms with Gasteiger partial charge in [0, 0.05) is 12.6 Å². The predicted octanol–water partition coefficient (Wildman–Crippen LogP) is 3.05. The quantitative estimate of drug-likeness (QED) is 0.746. The third kappa shape index (κ3) is 4.28. The summed E-state index contributed by atoms with van der Waals surface area (Å²) in [5.41, 5.74) is 0. The van der Waals surface area contributed by atoms with Crippen molar-refractivity contribution in [3.8, 4) is 0 Å². The summed E-state index contributed by atoms with van der Waals surface area (Å²) in [5, 5.41) is 7.51. The molecule has 1 aromatic rings. The highest BCUT2D eigenvalue weighted by atomic mass is 16.5. The molecule has 0 saturated carbocycles. The molecule has 0 spiro atoms. The first-order valence-electron chi connectivity index (χ1n) is 7.36. The van der Waals surface area contributed by atoms with Crippen molar-refractivity contribution in [3.05, 3.63) is 11.7 Å². The molecule has 0 radical (unpaired) electrons. The number of likely N-dealkylation sites (N-methyl/N-ethyl adjacent to an activating group) is 1. The first-order chi connectivity index (χ1) is 9.17. The van der Waals surface area contributed by atoms with Crippen LogP contribution >= 0.6 is 0 Å². The van der Waals surface area contributed by atoms with Gasteiger partial charge in [0.1, 0.15) is 6.10 Å². The Kier molecular flexibility index (Phi) is 7.02. The maximum absolute atomic E-state index is 5.60. The van der Waals surface area contributed by atoms with E-state index in [1.807, 2.05) is 6.92 Å². The first kappa shape index (κ1) is 16.1. The average molecular weight is 269 g/mol. The fraction of sp³-hybridized carbons (Fsp3) is 0.857. The van der Waals surface area contributed by atoms with E-state index in [1.54, 1.807) is 0 Å². The maximum atomic E-state index is 5.60. The van der Waals surface area contributed by atoms with Crippen LogP contribution in [0.15, 0.2) is 4.52 Å². The molecule has 5 nitrogen and oxygen atoms in total. The minimum absolute atomic E-state index is 0.0612. The Bertz CT molecular complexity index is 354. The zero-order valence-electron chi connectivity index (χ0n) is 12.8. The van der Waals surface area contributed by atoms with Crippen LogP contribution in [0.2, 0.25) is 0 Å². The fourth-order valence-corrected chi connectivity index (χ4v) is 2.25. The van der Waals surface area contributed by atoms with E-state index in [4.69, 9.17) is 9.26 Å². The first-order valence-corrected chi connectivity index (χ1v) is 7.36. The summed E-state index contributed by atoms with van der Waals surface area (Å²) >= 11 is 0. The summed E-state index contributed by atoms with van der Waals surface area (Å²) in [7, 11) is 0. The molecule has 5 heteroatoms. The Balaban J connectivity index is 2.76. The van der Waals surface area contributed by atoms with Gasteiger partial charge in [-0.2, -0.15) is 4.98 Å². The third-order valence-corrected chi connectivity index (χ3v) is 3.38. The summed E-state index contributed by atoms with van der Waals surface area (Å²) in [6, 6.07) is 0.366. The molecule has 19 heavy (non-hydrogen) atoms. The van der Waals surface area contributed by atoms with Crippen molar-refractivity contribution in [2.75, 3.05) is 13.2 Å². The molecule has 1 aromatic heterocycles. The number of ether oxygens (including phenoxy) is 1. The van der Waals surface area contributed by atoms with Crippen molar-refractivity contribution >= 4 is 0 Å². The number of nitrogens with one attached hydrogen (secondary N) is 1. The van der Waals surface area contributed by atoms with Gasteiger partial charge in [0.05, 0.1) is 5.92 Å². The summed E-state index contributed by atoms with van der Waals surface area (Å²) in [5.74, 6) is 1.57. The van der Waals surface area contributed by atoms with Crippen molar-refractivity contribution in [1.82, 2.24) is 15.5 Å².